The average Bonchev–Trinajstić information content (AvgIpc) is 3.98. The molecule has 4 aliphatic carbocycles. The standard InChI is InChI=1S/C23H29N3O3S.C13H13NO.C10H16N2O2S/c1-15-10-16(14-26(2)3)12-19(11-15)30(28,29)25-23(27)24-22-20-8-4-6-17(20)13-18-7-5-9-21(18)22;15-8-14-13-11-5-1-3-9(11)7-10-4-2-6-12(10)13;1-8-4-9(7-12(2)3)6-10(5-8)15(11,13)14/h10-13H,4-9,14H2,1-3H3,(H2,24,25,27);7H,1-6H2;4-6H,7H2,1-3H3,(H2,11,13,14). The lowest BCUT2D eigenvalue weighted by Crippen LogP contribution is -2.35. The van der Waals surface area contributed by atoms with E-state index >= 15 is 0 Å². The first kappa shape index (κ1) is 44.9. The van der Waals surface area contributed by atoms with Crippen LogP contribution in [0.15, 0.2) is 63.3 Å². The SMILES string of the molecule is Cc1cc(CN(C)C)cc(S(=O)(=O)NC(=O)Nc2c3c(cc4c2CCC4)CCC3)c1.Cc1cc(CN(C)C)cc(S(N)(=O)=O)c1.O=C=Nc1c2c(cc3c1CCC3)CCC2. The van der Waals surface area contributed by atoms with E-state index in [4.69, 9.17) is 5.14 Å². The second-order valence-electron chi connectivity index (χ2n) is 17.0. The number of sulfonamides is 2. The molecule has 0 unspecified atom stereocenters. The number of urea groups is 1. The van der Waals surface area contributed by atoms with Gasteiger partial charge in [-0.15, -0.1) is 0 Å². The highest BCUT2D eigenvalue weighted by molar-refractivity contribution is 7.90. The molecule has 0 saturated heterocycles. The van der Waals surface area contributed by atoms with Gasteiger partial charge in [-0.25, -0.2) is 36.3 Å². The Morgan fingerprint density at radius 1 is 0.633 bits per heavy atom. The largest absolute Gasteiger partial charge is 0.333 e. The second-order valence-corrected chi connectivity index (χ2v) is 20.3. The third kappa shape index (κ3) is 11.0. The third-order valence-electron chi connectivity index (χ3n) is 11.4. The Balaban J connectivity index is 0.000000168. The van der Waals surface area contributed by atoms with Crippen LogP contribution in [0.3, 0.4) is 0 Å². The number of rotatable bonds is 9. The van der Waals surface area contributed by atoms with Gasteiger partial charge in [0.1, 0.15) is 0 Å². The zero-order valence-electron chi connectivity index (χ0n) is 35.7. The number of carbonyl (C=O) groups excluding carboxylic acids is 2. The quantitative estimate of drug-likeness (QED) is 0.121. The molecule has 320 valence electrons. The van der Waals surface area contributed by atoms with Crippen LogP contribution in [-0.2, 0) is 89.3 Å². The second kappa shape index (κ2) is 18.9. The summed E-state index contributed by atoms with van der Waals surface area (Å²) in [6.45, 7) is 5.03. The van der Waals surface area contributed by atoms with Gasteiger partial charge in [-0.1, -0.05) is 24.3 Å². The van der Waals surface area contributed by atoms with E-state index in [0.717, 1.165) is 97.8 Å². The minimum atomic E-state index is -3.97. The Morgan fingerprint density at radius 2 is 1.05 bits per heavy atom. The molecule has 0 saturated carbocycles. The van der Waals surface area contributed by atoms with E-state index in [1.54, 1.807) is 30.3 Å². The smallest absolute Gasteiger partial charge is 0.307 e. The summed E-state index contributed by atoms with van der Waals surface area (Å²) in [4.78, 5) is 31.4. The Bertz CT molecular complexity index is 2500. The molecule has 14 heteroatoms. The molecular weight excluding hydrogens is 797 g/mol. The number of primary sulfonamides is 1. The van der Waals surface area contributed by atoms with Crippen LogP contribution in [0.25, 0.3) is 0 Å². The summed E-state index contributed by atoms with van der Waals surface area (Å²) in [5, 5.41) is 7.98. The van der Waals surface area contributed by atoms with Gasteiger partial charge < -0.3 is 15.1 Å². The van der Waals surface area contributed by atoms with Crippen LogP contribution >= 0.6 is 0 Å². The summed E-state index contributed by atoms with van der Waals surface area (Å²) in [6.07, 6.45) is 14.7. The number of nitrogens with one attached hydrogen (secondary N) is 2. The van der Waals surface area contributed by atoms with Crippen molar-refractivity contribution in [1.29, 1.82) is 0 Å². The van der Waals surface area contributed by atoms with E-state index in [1.165, 1.54) is 57.3 Å². The number of hydrogen-bond acceptors (Lipinski definition) is 9. The van der Waals surface area contributed by atoms with E-state index in [-0.39, 0.29) is 9.79 Å². The van der Waals surface area contributed by atoms with Crippen molar-refractivity contribution in [3.05, 3.63) is 115 Å². The molecular formula is C46H58N6O6S2. The number of aliphatic imine (C=N–C) groups is 1. The number of carbonyl (C=O) groups is 1. The van der Waals surface area contributed by atoms with Gasteiger partial charge in [-0.3, -0.25) is 0 Å². The fraction of sp³-hybridized carbons (Fsp3) is 0.435. The van der Waals surface area contributed by atoms with Crippen LogP contribution in [0, 0.1) is 13.8 Å². The molecule has 8 rings (SSSR count). The molecule has 60 heavy (non-hydrogen) atoms. The van der Waals surface area contributed by atoms with E-state index in [2.05, 4.69) is 27.2 Å². The molecule has 0 spiro atoms. The molecule has 0 fully saturated rings. The molecule has 4 N–H and O–H groups in total. The van der Waals surface area contributed by atoms with Crippen LogP contribution in [0.2, 0.25) is 0 Å². The number of hydrogen-bond donors (Lipinski definition) is 3. The molecule has 0 heterocycles. The van der Waals surface area contributed by atoms with E-state index in [9.17, 15) is 26.4 Å². The molecule has 0 atom stereocenters. The molecule has 2 amide bonds. The number of anilines is 1. The van der Waals surface area contributed by atoms with Crippen molar-refractivity contribution in [3.63, 3.8) is 0 Å². The summed E-state index contributed by atoms with van der Waals surface area (Å²) in [5.41, 5.74) is 15.8. The molecule has 0 radical (unpaired) electrons. The lowest BCUT2D eigenvalue weighted by Gasteiger charge is -2.17. The minimum absolute atomic E-state index is 0.109. The maximum Gasteiger partial charge on any atom is 0.333 e. The number of isocyanates is 1. The average molecular weight is 855 g/mol. The Kier molecular flexibility index (Phi) is 14.1. The van der Waals surface area contributed by atoms with Gasteiger partial charge in [0.2, 0.25) is 16.1 Å². The van der Waals surface area contributed by atoms with Gasteiger partial charge in [-0.2, -0.15) is 4.99 Å². The summed E-state index contributed by atoms with van der Waals surface area (Å²) in [6, 6.07) is 14.2. The maximum atomic E-state index is 12.9. The van der Waals surface area contributed by atoms with Crippen molar-refractivity contribution in [2.45, 2.75) is 114 Å². The van der Waals surface area contributed by atoms with Gasteiger partial charge in [-0.05, 0) is 210 Å². The van der Waals surface area contributed by atoms with E-state index < -0.39 is 26.1 Å². The Hall–Kier alpha value is -4.69. The lowest BCUT2D eigenvalue weighted by atomic mass is 9.99. The Labute approximate surface area is 355 Å². The number of fused-ring (bicyclic) bond motifs is 4. The van der Waals surface area contributed by atoms with Crippen LogP contribution in [0.4, 0.5) is 16.2 Å². The van der Waals surface area contributed by atoms with Crippen molar-refractivity contribution in [1.82, 2.24) is 14.5 Å². The van der Waals surface area contributed by atoms with Crippen LogP contribution < -0.4 is 15.2 Å². The summed E-state index contributed by atoms with van der Waals surface area (Å²) < 4.78 is 50.4. The number of amides is 2. The number of nitrogens with zero attached hydrogens (tertiary/aromatic N) is 3. The fourth-order valence-corrected chi connectivity index (χ4v) is 10.9. The monoisotopic (exact) mass is 854 g/mol. The zero-order chi connectivity index (χ0) is 43.4. The first-order valence-corrected chi connectivity index (χ1v) is 23.7. The van der Waals surface area contributed by atoms with Gasteiger partial charge >= 0.3 is 6.03 Å². The number of nitrogens with two attached hydrogens (primary N) is 1. The molecule has 12 nitrogen and oxygen atoms in total. The summed E-state index contributed by atoms with van der Waals surface area (Å²) in [5.74, 6) is 0. The van der Waals surface area contributed by atoms with Crippen LogP contribution in [0.1, 0.15) is 92.4 Å². The van der Waals surface area contributed by atoms with Crippen molar-refractivity contribution >= 4 is 43.5 Å². The summed E-state index contributed by atoms with van der Waals surface area (Å²) >= 11 is 0. The lowest BCUT2D eigenvalue weighted by molar-refractivity contribution is 0.256. The highest BCUT2D eigenvalue weighted by Gasteiger charge is 2.27. The number of aryl methyl sites for hydroxylation is 6. The summed E-state index contributed by atoms with van der Waals surface area (Å²) in [7, 11) is 0.147. The van der Waals surface area contributed by atoms with Crippen LogP contribution in [-0.4, -0.2) is 66.9 Å². The van der Waals surface area contributed by atoms with Crippen molar-refractivity contribution in [2.24, 2.45) is 10.1 Å². The minimum Gasteiger partial charge on any atom is -0.307 e. The van der Waals surface area contributed by atoms with E-state index in [0.29, 0.717) is 13.1 Å². The first-order valence-electron chi connectivity index (χ1n) is 20.7. The highest BCUT2D eigenvalue weighted by Crippen LogP contribution is 2.40. The molecule has 4 aromatic carbocycles. The van der Waals surface area contributed by atoms with Crippen molar-refractivity contribution < 1.29 is 26.4 Å². The predicted molar refractivity (Wildman–Crippen MR) is 237 cm³/mol. The van der Waals surface area contributed by atoms with Gasteiger partial charge in [0.25, 0.3) is 10.0 Å². The van der Waals surface area contributed by atoms with E-state index in [1.807, 2.05) is 64.0 Å². The van der Waals surface area contributed by atoms with Gasteiger partial charge in [0, 0.05) is 18.8 Å². The highest BCUT2D eigenvalue weighted by atomic mass is 32.2. The molecule has 4 aromatic rings. The van der Waals surface area contributed by atoms with Crippen LogP contribution in [0.5, 0.6) is 0 Å². The van der Waals surface area contributed by atoms with Crippen molar-refractivity contribution in [3.8, 4) is 0 Å². The third-order valence-corrected chi connectivity index (χ3v) is 13.6. The zero-order valence-corrected chi connectivity index (χ0v) is 37.3. The first-order chi connectivity index (χ1) is 28.4. The topological polar surface area (TPSA) is 171 Å². The molecule has 0 aromatic heterocycles. The predicted octanol–water partition coefficient (Wildman–Crippen LogP) is 6.88. The molecule has 0 bridgehead atoms. The Morgan fingerprint density at radius 3 is 1.48 bits per heavy atom. The van der Waals surface area contributed by atoms with Gasteiger partial charge in [0.05, 0.1) is 15.5 Å². The molecule has 0 aliphatic heterocycles. The van der Waals surface area contributed by atoms with Crippen molar-refractivity contribution in [2.75, 3.05) is 33.5 Å². The molecule has 4 aliphatic rings. The fourth-order valence-electron chi connectivity index (χ4n) is 9.14. The maximum absolute atomic E-state index is 12.9. The van der Waals surface area contributed by atoms with Gasteiger partial charge in [0.15, 0.2) is 0 Å². The number of benzene rings is 4. The normalized spacial score (nSPS) is 14.9.